The number of aliphatic carboxylic acids is 1. The van der Waals surface area contributed by atoms with Crippen molar-refractivity contribution >= 4 is 17.8 Å². The Hall–Kier alpha value is -2.37. The molecule has 1 aromatic carbocycles. The van der Waals surface area contributed by atoms with Gasteiger partial charge in [0, 0.05) is 12.1 Å². The lowest BCUT2D eigenvalue weighted by molar-refractivity contribution is -0.172. The third-order valence-corrected chi connectivity index (χ3v) is 3.86. The van der Waals surface area contributed by atoms with Crippen molar-refractivity contribution in [2.24, 2.45) is 0 Å². The summed E-state index contributed by atoms with van der Waals surface area (Å²) in [7, 11) is 0. The summed E-state index contributed by atoms with van der Waals surface area (Å²) in [6.07, 6.45) is 1.29. The lowest BCUT2D eigenvalue weighted by atomic mass is 9.85. The Morgan fingerprint density at radius 3 is 2.50 bits per heavy atom. The Bertz CT molecular complexity index is 571. The first-order valence-corrected chi connectivity index (χ1v) is 7.31. The highest BCUT2D eigenvalue weighted by molar-refractivity contribution is 6.09. The van der Waals surface area contributed by atoms with Crippen molar-refractivity contribution in [1.82, 2.24) is 4.90 Å². The summed E-state index contributed by atoms with van der Waals surface area (Å²) >= 11 is 0. The summed E-state index contributed by atoms with van der Waals surface area (Å²) in [5, 5.41) is 9.66. The van der Waals surface area contributed by atoms with Crippen LogP contribution in [0.15, 0.2) is 30.3 Å². The van der Waals surface area contributed by atoms with Gasteiger partial charge in [0.2, 0.25) is 5.54 Å². The maximum absolute atomic E-state index is 12.7. The van der Waals surface area contributed by atoms with E-state index in [2.05, 4.69) is 0 Å². The van der Waals surface area contributed by atoms with E-state index in [1.165, 1.54) is 0 Å². The topological polar surface area (TPSA) is 83.9 Å². The minimum absolute atomic E-state index is 0.0692. The number of benzene rings is 1. The van der Waals surface area contributed by atoms with Gasteiger partial charge in [-0.3, -0.25) is 4.79 Å². The number of amides is 1. The molecule has 6 nitrogen and oxygen atoms in total. The van der Waals surface area contributed by atoms with Crippen molar-refractivity contribution in [2.45, 2.75) is 31.7 Å². The zero-order valence-corrected chi connectivity index (χ0v) is 12.4. The molecule has 118 valence electrons. The van der Waals surface area contributed by atoms with Crippen LogP contribution in [0.1, 0.15) is 36.5 Å². The standard InChI is InChI=1S/C16H19NO5/c1-2-22-15(21)16(14(19)20)10-6-7-11-17(16)13(18)12-8-4-3-5-9-12/h3-5,8-9H,2,6-7,10-11H2,1H3,(H,19,20)/t16-/m0/s1. The average molecular weight is 305 g/mol. The summed E-state index contributed by atoms with van der Waals surface area (Å²) in [6.45, 7) is 1.90. The fraction of sp³-hybridized carbons (Fsp3) is 0.438. The highest BCUT2D eigenvalue weighted by atomic mass is 16.5. The fourth-order valence-corrected chi connectivity index (χ4v) is 2.76. The van der Waals surface area contributed by atoms with Gasteiger partial charge in [-0.15, -0.1) is 0 Å². The number of ether oxygens (including phenoxy) is 1. The first kappa shape index (κ1) is 16.0. The monoisotopic (exact) mass is 305 g/mol. The molecule has 1 N–H and O–H groups in total. The van der Waals surface area contributed by atoms with Gasteiger partial charge in [-0.1, -0.05) is 18.2 Å². The van der Waals surface area contributed by atoms with Crippen molar-refractivity contribution in [2.75, 3.05) is 13.2 Å². The van der Waals surface area contributed by atoms with Gasteiger partial charge in [-0.05, 0) is 38.3 Å². The van der Waals surface area contributed by atoms with E-state index < -0.39 is 23.4 Å². The van der Waals surface area contributed by atoms with Gasteiger partial charge >= 0.3 is 11.9 Å². The van der Waals surface area contributed by atoms with Crippen LogP contribution in [0.25, 0.3) is 0 Å². The highest BCUT2D eigenvalue weighted by Crippen LogP contribution is 2.31. The van der Waals surface area contributed by atoms with E-state index in [0.29, 0.717) is 18.4 Å². The van der Waals surface area contributed by atoms with Crippen LogP contribution >= 0.6 is 0 Å². The highest BCUT2D eigenvalue weighted by Gasteiger charge is 2.55. The Morgan fingerprint density at radius 1 is 1.23 bits per heavy atom. The lowest BCUT2D eigenvalue weighted by Gasteiger charge is -2.41. The molecule has 2 rings (SSSR count). The average Bonchev–Trinajstić information content (AvgIpc) is 2.54. The number of carbonyl (C=O) groups is 3. The first-order valence-electron chi connectivity index (χ1n) is 7.31. The van der Waals surface area contributed by atoms with Gasteiger partial charge < -0.3 is 14.7 Å². The van der Waals surface area contributed by atoms with Gasteiger partial charge in [-0.25, -0.2) is 9.59 Å². The predicted octanol–water partition coefficient (Wildman–Crippen LogP) is 1.70. The van der Waals surface area contributed by atoms with Gasteiger partial charge in [0.15, 0.2) is 0 Å². The minimum atomic E-state index is -1.93. The molecule has 0 spiro atoms. The van der Waals surface area contributed by atoms with Crippen LogP contribution in [0.3, 0.4) is 0 Å². The summed E-state index contributed by atoms with van der Waals surface area (Å²) < 4.78 is 4.95. The third-order valence-electron chi connectivity index (χ3n) is 3.86. The maximum Gasteiger partial charge on any atom is 0.343 e. The second kappa shape index (κ2) is 6.60. The summed E-state index contributed by atoms with van der Waals surface area (Å²) in [4.78, 5) is 38.0. The second-order valence-corrected chi connectivity index (χ2v) is 5.17. The molecule has 1 aliphatic rings. The van der Waals surface area contributed by atoms with Gasteiger partial charge in [0.25, 0.3) is 5.91 Å². The van der Waals surface area contributed by atoms with E-state index >= 15 is 0 Å². The molecule has 1 aliphatic heterocycles. The molecule has 0 aromatic heterocycles. The van der Waals surface area contributed by atoms with Crippen molar-refractivity contribution in [3.63, 3.8) is 0 Å². The van der Waals surface area contributed by atoms with E-state index in [1.54, 1.807) is 37.3 Å². The molecule has 1 saturated heterocycles. The molecule has 0 unspecified atom stereocenters. The molecule has 1 heterocycles. The lowest BCUT2D eigenvalue weighted by Crippen LogP contribution is -2.64. The number of hydrogen-bond donors (Lipinski definition) is 1. The number of carboxylic acid groups (broad SMARTS) is 1. The largest absolute Gasteiger partial charge is 0.479 e. The van der Waals surface area contributed by atoms with Gasteiger partial charge in [0.1, 0.15) is 0 Å². The number of hydrogen-bond acceptors (Lipinski definition) is 4. The molecular weight excluding hydrogens is 286 g/mol. The van der Waals surface area contributed by atoms with Crippen LogP contribution < -0.4 is 0 Å². The molecule has 0 radical (unpaired) electrons. The number of nitrogens with zero attached hydrogens (tertiary/aromatic N) is 1. The zero-order valence-electron chi connectivity index (χ0n) is 12.4. The molecule has 1 atom stereocenters. The number of rotatable bonds is 4. The van der Waals surface area contributed by atoms with Crippen molar-refractivity contribution < 1.29 is 24.2 Å². The van der Waals surface area contributed by atoms with Crippen LogP contribution in [0, 0.1) is 0 Å². The van der Waals surface area contributed by atoms with Gasteiger partial charge in [0.05, 0.1) is 6.61 Å². The Morgan fingerprint density at radius 2 is 1.91 bits per heavy atom. The summed E-state index contributed by atoms with van der Waals surface area (Å²) in [6, 6.07) is 8.38. The molecule has 22 heavy (non-hydrogen) atoms. The Kier molecular flexibility index (Phi) is 4.80. The Balaban J connectivity index is 2.43. The summed E-state index contributed by atoms with van der Waals surface area (Å²) in [5.74, 6) is -2.67. The van der Waals surface area contributed by atoms with E-state index in [0.717, 1.165) is 4.90 Å². The molecule has 0 saturated carbocycles. The molecular formula is C16H19NO5. The van der Waals surface area contributed by atoms with Crippen molar-refractivity contribution in [3.8, 4) is 0 Å². The van der Waals surface area contributed by atoms with Gasteiger partial charge in [-0.2, -0.15) is 0 Å². The predicted molar refractivity (Wildman–Crippen MR) is 78.3 cm³/mol. The number of carbonyl (C=O) groups excluding carboxylic acids is 2. The van der Waals surface area contributed by atoms with Crippen LogP contribution in [-0.4, -0.2) is 46.5 Å². The molecule has 1 fully saturated rings. The zero-order chi connectivity index (χ0) is 16.2. The molecule has 0 bridgehead atoms. The molecule has 1 aromatic rings. The van der Waals surface area contributed by atoms with E-state index in [-0.39, 0.29) is 19.6 Å². The fourth-order valence-electron chi connectivity index (χ4n) is 2.76. The normalized spacial score (nSPS) is 21.2. The number of piperidine rings is 1. The quantitative estimate of drug-likeness (QED) is 0.676. The number of likely N-dealkylation sites (tertiary alicyclic amines) is 1. The van der Waals surface area contributed by atoms with Crippen molar-refractivity contribution in [3.05, 3.63) is 35.9 Å². The summed E-state index contributed by atoms with van der Waals surface area (Å²) in [5.41, 5.74) is -1.57. The minimum Gasteiger partial charge on any atom is -0.479 e. The second-order valence-electron chi connectivity index (χ2n) is 5.17. The smallest absolute Gasteiger partial charge is 0.343 e. The van der Waals surface area contributed by atoms with E-state index in [9.17, 15) is 19.5 Å². The molecule has 6 heteroatoms. The molecule has 1 amide bonds. The van der Waals surface area contributed by atoms with Crippen LogP contribution in [0.5, 0.6) is 0 Å². The molecule has 0 aliphatic carbocycles. The third kappa shape index (κ3) is 2.68. The number of esters is 1. The van der Waals surface area contributed by atoms with Crippen LogP contribution in [-0.2, 0) is 14.3 Å². The number of carboxylic acids is 1. The maximum atomic E-state index is 12.7. The van der Waals surface area contributed by atoms with Crippen molar-refractivity contribution in [1.29, 1.82) is 0 Å². The van der Waals surface area contributed by atoms with E-state index in [4.69, 9.17) is 4.74 Å². The van der Waals surface area contributed by atoms with E-state index in [1.807, 2.05) is 0 Å². The Labute approximate surface area is 128 Å². The van der Waals surface area contributed by atoms with Crippen LogP contribution in [0.2, 0.25) is 0 Å². The van der Waals surface area contributed by atoms with Crippen LogP contribution in [0.4, 0.5) is 0 Å². The first-order chi connectivity index (χ1) is 10.5. The SMILES string of the molecule is CCOC(=O)[C@@]1(C(=O)O)CCCCN1C(=O)c1ccccc1.